The van der Waals surface area contributed by atoms with E-state index in [1.807, 2.05) is 37.3 Å². The molecule has 148 valence electrons. The summed E-state index contributed by atoms with van der Waals surface area (Å²) in [5.74, 6) is -0.691. The monoisotopic (exact) mass is 382 g/mol. The lowest BCUT2D eigenvalue weighted by molar-refractivity contribution is -0.131. The third-order valence-corrected chi connectivity index (χ3v) is 4.46. The highest BCUT2D eigenvalue weighted by atomic mass is 16.5. The smallest absolute Gasteiger partial charge is 0.337 e. The van der Waals surface area contributed by atoms with Gasteiger partial charge in [-0.05, 0) is 30.7 Å². The molecule has 0 unspecified atom stereocenters. The summed E-state index contributed by atoms with van der Waals surface area (Å²) >= 11 is 0. The molecule has 2 amide bonds. The van der Waals surface area contributed by atoms with Crippen LogP contribution in [-0.4, -0.2) is 42.9 Å². The predicted octanol–water partition coefficient (Wildman–Crippen LogP) is 3.26. The van der Waals surface area contributed by atoms with Crippen LogP contribution in [0.2, 0.25) is 0 Å². The molecule has 2 aromatic carbocycles. The van der Waals surface area contributed by atoms with E-state index in [1.165, 1.54) is 18.9 Å². The van der Waals surface area contributed by atoms with Crippen LogP contribution in [-0.2, 0) is 20.9 Å². The Kier molecular flexibility index (Phi) is 7.75. The first-order valence-electron chi connectivity index (χ1n) is 9.24. The van der Waals surface area contributed by atoms with Crippen LogP contribution in [0.3, 0.4) is 0 Å². The zero-order valence-corrected chi connectivity index (χ0v) is 16.6. The number of benzene rings is 2. The van der Waals surface area contributed by atoms with Crippen LogP contribution in [0.15, 0.2) is 54.6 Å². The molecule has 0 saturated carbocycles. The van der Waals surface area contributed by atoms with Gasteiger partial charge in [0.1, 0.15) is 0 Å². The molecule has 0 aromatic heterocycles. The topological polar surface area (TPSA) is 66.9 Å². The maximum absolute atomic E-state index is 12.7. The predicted molar refractivity (Wildman–Crippen MR) is 108 cm³/mol. The van der Waals surface area contributed by atoms with Gasteiger partial charge in [-0.1, -0.05) is 36.4 Å². The number of nitrogens with zero attached hydrogens (tertiary/aromatic N) is 2. The first-order valence-corrected chi connectivity index (χ1v) is 9.24. The molecule has 0 radical (unpaired) electrons. The Labute approximate surface area is 165 Å². The highest BCUT2D eigenvalue weighted by Crippen LogP contribution is 2.18. The Morgan fingerprint density at radius 3 is 2.32 bits per heavy atom. The molecule has 6 heteroatoms. The standard InChI is InChI=1S/C22H26N2O4/c1-4-23(16-18-9-6-5-7-10-18)21(26)13-14-24(17(2)25)20-12-8-11-19(15-20)22(27)28-3/h5-12,15H,4,13-14,16H2,1-3H3. The number of carbonyl (C=O) groups is 3. The maximum Gasteiger partial charge on any atom is 0.337 e. The van der Waals surface area contributed by atoms with Crippen LogP contribution in [0.5, 0.6) is 0 Å². The molecule has 0 aliphatic carbocycles. The molecule has 0 aliphatic heterocycles. The molecule has 0 aliphatic rings. The fraction of sp³-hybridized carbons (Fsp3) is 0.318. The number of carbonyl (C=O) groups excluding carboxylic acids is 3. The second kappa shape index (κ2) is 10.3. The van der Waals surface area contributed by atoms with Gasteiger partial charge in [0, 0.05) is 38.7 Å². The normalized spacial score (nSPS) is 10.2. The van der Waals surface area contributed by atoms with Gasteiger partial charge in [0.2, 0.25) is 11.8 Å². The van der Waals surface area contributed by atoms with E-state index in [0.29, 0.717) is 24.3 Å². The summed E-state index contributed by atoms with van der Waals surface area (Å²) in [6, 6.07) is 16.4. The zero-order chi connectivity index (χ0) is 20.5. The summed E-state index contributed by atoms with van der Waals surface area (Å²) in [6.45, 7) is 4.74. The first-order chi connectivity index (χ1) is 13.5. The molecule has 2 aromatic rings. The second-order valence-corrected chi connectivity index (χ2v) is 6.36. The van der Waals surface area contributed by atoms with Gasteiger partial charge in [0.25, 0.3) is 0 Å². The number of ether oxygens (including phenoxy) is 1. The molecule has 0 fully saturated rings. The number of methoxy groups -OCH3 is 1. The second-order valence-electron chi connectivity index (χ2n) is 6.36. The van der Waals surface area contributed by atoms with Crippen molar-refractivity contribution in [2.75, 3.05) is 25.1 Å². The Bertz CT molecular complexity index is 820. The lowest BCUT2D eigenvalue weighted by Gasteiger charge is -2.25. The van der Waals surface area contributed by atoms with Crippen LogP contribution in [0, 0.1) is 0 Å². The third-order valence-electron chi connectivity index (χ3n) is 4.46. The quantitative estimate of drug-likeness (QED) is 0.657. The van der Waals surface area contributed by atoms with E-state index in [2.05, 4.69) is 0 Å². The lowest BCUT2D eigenvalue weighted by atomic mass is 10.1. The number of hydrogen-bond donors (Lipinski definition) is 0. The largest absolute Gasteiger partial charge is 0.465 e. The minimum Gasteiger partial charge on any atom is -0.465 e. The van der Waals surface area contributed by atoms with Gasteiger partial charge in [0.05, 0.1) is 12.7 Å². The van der Waals surface area contributed by atoms with Crippen molar-refractivity contribution in [3.05, 3.63) is 65.7 Å². The average molecular weight is 382 g/mol. The van der Waals surface area contributed by atoms with Gasteiger partial charge < -0.3 is 14.5 Å². The van der Waals surface area contributed by atoms with Crippen molar-refractivity contribution in [2.24, 2.45) is 0 Å². The van der Waals surface area contributed by atoms with E-state index in [9.17, 15) is 14.4 Å². The van der Waals surface area contributed by atoms with Crippen LogP contribution in [0.1, 0.15) is 36.2 Å². The SMILES string of the molecule is CCN(Cc1ccccc1)C(=O)CCN(C(C)=O)c1cccc(C(=O)OC)c1. The average Bonchev–Trinajstić information content (AvgIpc) is 2.72. The number of anilines is 1. The summed E-state index contributed by atoms with van der Waals surface area (Å²) in [7, 11) is 1.31. The molecule has 28 heavy (non-hydrogen) atoms. The van der Waals surface area contributed by atoms with Crippen molar-refractivity contribution in [3.8, 4) is 0 Å². The molecular weight excluding hydrogens is 356 g/mol. The van der Waals surface area contributed by atoms with E-state index in [-0.39, 0.29) is 24.8 Å². The summed E-state index contributed by atoms with van der Waals surface area (Å²) in [5.41, 5.74) is 1.98. The summed E-state index contributed by atoms with van der Waals surface area (Å²) in [4.78, 5) is 39.8. The fourth-order valence-electron chi connectivity index (χ4n) is 2.93. The maximum atomic E-state index is 12.7. The highest BCUT2D eigenvalue weighted by molar-refractivity contribution is 5.95. The number of hydrogen-bond acceptors (Lipinski definition) is 4. The molecule has 0 spiro atoms. The Morgan fingerprint density at radius 1 is 1.00 bits per heavy atom. The van der Waals surface area contributed by atoms with Gasteiger partial charge in [-0.25, -0.2) is 4.79 Å². The van der Waals surface area contributed by atoms with E-state index in [0.717, 1.165) is 5.56 Å². The molecule has 0 saturated heterocycles. The summed E-state index contributed by atoms with van der Waals surface area (Å²) in [5, 5.41) is 0. The molecule has 2 rings (SSSR count). The van der Waals surface area contributed by atoms with Gasteiger partial charge in [-0.15, -0.1) is 0 Å². The minimum atomic E-state index is -0.471. The van der Waals surface area contributed by atoms with E-state index < -0.39 is 5.97 Å². The van der Waals surface area contributed by atoms with Crippen molar-refractivity contribution >= 4 is 23.5 Å². The van der Waals surface area contributed by atoms with Gasteiger partial charge in [0.15, 0.2) is 0 Å². The van der Waals surface area contributed by atoms with Crippen LogP contribution < -0.4 is 4.90 Å². The minimum absolute atomic E-state index is 0.0262. The molecule has 6 nitrogen and oxygen atoms in total. The lowest BCUT2D eigenvalue weighted by Crippen LogP contribution is -2.36. The molecular formula is C22H26N2O4. The zero-order valence-electron chi connectivity index (χ0n) is 16.6. The number of rotatable bonds is 8. The van der Waals surface area contributed by atoms with Crippen LogP contribution in [0.25, 0.3) is 0 Å². The Morgan fingerprint density at radius 2 is 1.71 bits per heavy atom. The third kappa shape index (κ3) is 5.67. The number of esters is 1. The fourth-order valence-corrected chi connectivity index (χ4v) is 2.93. The van der Waals surface area contributed by atoms with Crippen molar-refractivity contribution in [2.45, 2.75) is 26.8 Å². The molecule has 0 heterocycles. The highest BCUT2D eigenvalue weighted by Gasteiger charge is 2.18. The van der Waals surface area contributed by atoms with Crippen molar-refractivity contribution < 1.29 is 19.1 Å². The summed E-state index contributed by atoms with van der Waals surface area (Å²) in [6.07, 6.45) is 0.197. The van der Waals surface area contributed by atoms with Crippen molar-refractivity contribution in [1.82, 2.24) is 4.90 Å². The van der Waals surface area contributed by atoms with E-state index >= 15 is 0 Å². The van der Waals surface area contributed by atoms with E-state index in [4.69, 9.17) is 4.74 Å². The van der Waals surface area contributed by atoms with Crippen LogP contribution in [0.4, 0.5) is 5.69 Å². The van der Waals surface area contributed by atoms with Crippen molar-refractivity contribution in [3.63, 3.8) is 0 Å². The molecule has 0 atom stereocenters. The van der Waals surface area contributed by atoms with Crippen LogP contribution >= 0.6 is 0 Å². The van der Waals surface area contributed by atoms with Gasteiger partial charge >= 0.3 is 5.97 Å². The first kappa shape index (κ1) is 21.2. The molecule has 0 N–H and O–H groups in total. The Balaban J connectivity index is 2.07. The molecule has 0 bridgehead atoms. The van der Waals surface area contributed by atoms with Gasteiger partial charge in [-0.3, -0.25) is 9.59 Å². The van der Waals surface area contributed by atoms with Crippen molar-refractivity contribution in [1.29, 1.82) is 0 Å². The number of amides is 2. The van der Waals surface area contributed by atoms with E-state index in [1.54, 1.807) is 29.2 Å². The van der Waals surface area contributed by atoms with Gasteiger partial charge in [-0.2, -0.15) is 0 Å². The Hall–Kier alpha value is -3.15. The summed E-state index contributed by atoms with van der Waals surface area (Å²) < 4.78 is 4.73.